The van der Waals surface area contributed by atoms with Crippen molar-refractivity contribution in [3.8, 4) is 0 Å². The highest BCUT2D eigenvalue weighted by molar-refractivity contribution is 7.89. The van der Waals surface area contributed by atoms with Crippen LogP contribution in [-0.4, -0.2) is 39.0 Å². The van der Waals surface area contributed by atoms with Gasteiger partial charge in [0.05, 0.1) is 11.4 Å². The fraction of sp³-hybridized carbons (Fsp3) is 1.00. The predicted octanol–water partition coefficient (Wildman–Crippen LogP) is 0.212. The maximum Gasteiger partial charge on any atom is 0.209 e. The highest BCUT2D eigenvalue weighted by Gasteiger charge is 2.28. The zero-order valence-corrected chi connectivity index (χ0v) is 10.8. The molecule has 0 spiro atoms. The Morgan fingerprint density at radius 3 is 2.75 bits per heavy atom. The number of rotatable bonds is 5. The molecule has 5 nitrogen and oxygen atoms in total. The molecule has 0 aromatic rings. The van der Waals surface area contributed by atoms with Crippen LogP contribution in [0.15, 0.2) is 0 Å². The van der Waals surface area contributed by atoms with E-state index in [4.69, 9.17) is 9.88 Å². The smallest absolute Gasteiger partial charge is 0.209 e. The second-order valence-electron chi connectivity index (χ2n) is 4.97. The highest BCUT2D eigenvalue weighted by atomic mass is 32.2. The molecule has 16 heavy (non-hydrogen) atoms. The fourth-order valence-electron chi connectivity index (χ4n) is 1.99. The van der Waals surface area contributed by atoms with E-state index in [-0.39, 0.29) is 11.4 Å². The molecular formula is C10H22N2O3S. The van der Waals surface area contributed by atoms with E-state index in [1.807, 2.05) is 0 Å². The van der Waals surface area contributed by atoms with Crippen molar-refractivity contribution < 1.29 is 13.2 Å². The number of primary sulfonamides is 1. The lowest BCUT2D eigenvalue weighted by molar-refractivity contribution is -0.0627. The average molecular weight is 250 g/mol. The summed E-state index contributed by atoms with van der Waals surface area (Å²) in [7, 11) is -3.31. The first-order chi connectivity index (χ1) is 7.29. The normalized spacial score (nSPS) is 25.6. The van der Waals surface area contributed by atoms with Crippen LogP contribution in [0.1, 0.15) is 33.1 Å². The summed E-state index contributed by atoms with van der Waals surface area (Å²) in [6.45, 7) is 5.60. The number of sulfonamides is 1. The maximum absolute atomic E-state index is 10.7. The van der Waals surface area contributed by atoms with Gasteiger partial charge in [-0.05, 0) is 39.7 Å². The first-order valence-electron chi connectivity index (χ1n) is 5.66. The Hall–Kier alpha value is -0.170. The summed E-state index contributed by atoms with van der Waals surface area (Å²) in [4.78, 5) is 0. The summed E-state index contributed by atoms with van der Waals surface area (Å²) in [5.74, 6) is 0.0482. The van der Waals surface area contributed by atoms with Gasteiger partial charge in [0.1, 0.15) is 0 Å². The number of hydrogen-bond donors (Lipinski definition) is 2. The van der Waals surface area contributed by atoms with Gasteiger partial charge in [-0.25, -0.2) is 13.6 Å². The van der Waals surface area contributed by atoms with Gasteiger partial charge in [0, 0.05) is 12.6 Å². The number of nitrogens with two attached hydrogens (primary N) is 1. The van der Waals surface area contributed by atoms with Gasteiger partial charge in [0.15, 0.2) is 0 Å². The van der Waals surface area contributed by atoms with Gasteiger partial charge in [-0.15, -0.1) is 0 Å². The van der Waals surface area contributed by atoms with E-state index < -0.39 is 10.0 Å². The Balaban J connectivity index is 2.18. The lowest BCUT2D eigenvalue weighted by Gasteiger charge is -2.36. The molecule has 1 atom stereocenters. The third-order valence-corrected chi connectivity index (χ3v) is 3.59. The molecule has 0 radical (unpaired) electrons. The third kappa shape index (κ3) is 5.79. The van der Waals surface area contributed by atoms with Crippen LogP contribution < -0.4 is 10.5 Å². The predicted molar refractivity (Wildman–Crippen MR) is 63.6 cm³/mol. The summed E-state index contributed by atoms with van der Waals surface area (Å²) < 4.78 is 27.0. The maximum atomic E-state index is 10.7. The van der Waals surface area contributed by atoms with Crippen molar-refractivity contribution in [1.29, 1.82) is 0 Å². The Bertz CT molecular complexity index is 314. The minimum Gasteiger partial charge on any atom is -0.375 e. The van der Waals surface area contributed by atoms with Gasteiger partial charge in [-0.1, -0.05) is 0 Å². The molecule has 0 amide bonds. The van der Waals surface area contributed by atoms with Gasteiger partial charge < -0.3 is 10.1 Å². The van der Waals surface area contributed by atoms with Crippen molar-refractivity contribution >= 4 is 10.0 Å². The summed E-state index contributed by atoms with van der Waals surface area (Å²) in [6.07, 6.45) is 2.51. The monoisotopic (exact) mass is 250 g/mol. The molecular weight excluding hydrogens is 228 g/mol. The van der Waals surface area contributed by atoms with Crippen LogP contribution >= 0.6 is 0 Å². The molecule has 0 saturated carbocycles. The van der Waals surface area contributed by atoms with Gasteiger partial charge in [-0.3, -0.25) is 0 Å². The average Bonchev–Trinajstić information content (AvgIpc) is 2.09. The first kappa shape index (κ1) is 13.9. The Labute approximate surface area is 97.8 Å². The molecule has 6 heteroatoms. The van der Waals surface area contributed by atoms with Crippen LogP contribution in [0.25, 0.3) is 0 Å². The lowest BCUT2D eigenvalue weighted by Crippen LogP contribution is -2.44. The summed E-state index contributed by atoms with van der Waals surface area (Å²) >= 11 is 0. The minimum absolute atomic E-state index is 0.0482. The van der Waals surface area contributed by atoms with Crippen molar-refractivity contribution in [1.82, 2.24) is 5.32 Å². The molecule has 1 heterocycles. The lowest BCUT2D eigenvalue weighted by atomic mass is 9.94. The van der Waals surface area contributed by atoms with E-state index in [0.717, 1.165) is 19.4 Å². The van der Waals surface area contributed by atoms with Gasteiger partial charge >= 0.3 is 0 Å². The van der Waals surface area contributed by atoms with Crippen molar-refractivity contribution in [2.75, 3.05) is 18.9 Å². The van der Waals surface area contributed by atoms with Crippen LogP contribution in [-0.2, 0) is 14.8 Å². The second-order valence-corrected chi connectivity index (χ2v) is 6.71. The molecule has 1 unspecified atom stereocenters. The van der Waals surface area contributed by atoms with Crippen LogP contribution in [0.2, 0.25) is 0 Å². The first-order valence-corrected chi connectivity index (χ1v) is 7.38. The molecule has 1 saturated heterocycles. The van der Waals surface area contributed by atoms with E-state index in [2.05, 4.69) is 19.2 Å². The number of nitrogens with one attached hydrogen (secondary N) is 1. The fourth-order valence-corrected chi connectivity index (χ4v) is 2.53. The van der Waals surface area contributed by atoms with Crippen molar-refractivity contribution in [2.45, 2.75) is 44.8 Å². The summed E-state index contributed by atoms with van der Waals surface area (Å²) in [5.41, 5.74) is -0.0736. The zero-order valence-electron chi connectivity index (χ0n) is 10.0. The quantitative estimate of drug-likeness (QED) is 0.684. The van der Waals surface area contributed by atoms with Crippen molar-refractivity contribution in [2.24, 2.45) is 5.14 Å². The zero-order chi connectivity index (χ0) is 12.2. The van der Waals surface area contributed by atoms with Gasteiger partial charge in [0.25, 0.3) is 0 Å². The van der Waals surface area contributed by atoms with Crippen molar-refractivity contribution in [3.05, 3.63) is 0 Å². The highest BCUT2D eigenvalue weighted by Crippen LogP contribution is 2.23. The van der Waals surface area contributed by atoms with Crippen molar-refractivity contribution in [3.63, 3.8) is 0 Å². The topological polar surface area (TPSA) is 81.4 Å². The molecule has 1 fully saturated rings. The van der Waals surface area contributed by atoms with Crippen LogP contribution in [0.4, 0.5) is 0 Å². The van der Waals surface area contributed by atoms with E-state index in [0.29, 0.717) is 19.0 Å². The van der Waals surface area contributed by atoms with Crippen LogP contribution in [0.3, 0.4) is 0 Å². The third-order valence-electron chi connectivity index (χ3n) is 2.74. The van der Waals surface area contributed by atoms with Gasteiger partial charge in [0.2, 0.25) is 10.0 Å². The standard InChI is InChI=1S/C10H22N2O3S/c1-10(2)8-9(4-6-15-10)12-5-3-7-16(11,13)14/h9,12H,3-8H2,1-2H3,(H2,11,13,14). The van der Waals surface area contributed by atoms with Crippen LogP contribution in [0.5, 0.6) is 0 Å². The molecule has 0 aromatic carbocycles. The Morgan fingerprint density at radius 1 is 1.50 bits per heavy atom. The summed E-state index contributed by atoms with van der Waals surface area (Å²) in [6, 6.07) is 0.421. The SMILES string of the molecule is CC1(C)CC(NCCCS(N)(=O)=O)CCO1. The molecule has 1 rings (SSSR count). The Morgan fingerprint density at radius 2 is 2.19 bits per heavy atom. The molecule has 3 N–H and O–H groups in total. The van der Waals surface area contributed by atoms with E-state index in [1.165, 1.54) is 0 Å². The molecule has 0 aromatic heterocycles. The van der Waals surface area contributed by atoms with E-state index in [1.54, 1.807) is 0 Å². The Kier molecular flexibility index (Phi) is 4.73. The number of ether oxygens (including phenoxy) is 1. The van der Waals surface area contributed by atoms with Gasteiger partial charge in [-0.2, -0.15) is 0 Å². The second kappa shape index (κ2) is 5.44. The summed E-state index contributed by atoms with van der Waals surface area (Å²) in [5, 5.41) is 8.27. The number of hydrogen-bond acceptors (Lipinski definition) is 4. The molecule has 1 aliphatic rings. The molecule has 1 aliphatic heterocycles. The molecule has 96 valence electrons. The van der Waals surface area contributed by atoms with Crippen LogP contribution in [0, 0.1) is 0 Å². The largest absolute Gasteiger partial charge is 0.375 e. The minimum atomic E-state index is -3.31. The van der Waals surface area contributed by atoms with E-state index in [9.17, 15) is 8.42 Å². The van der Waals surface area contributed by atoms with E-state index >= 15 is 0 Å². The molecule has 0 aliphatic carbocycles. The molecule has 0 bridgehead atoms.